The minimum absolute atomic E-state index is 0.0531. The van der Waals surface area contributed by atoms with Crippen LogP contribution in [0.1, 0.15) is 52.9 Å². The number of aromatic amines is 1. The molecule has 0 aliphatic carbocycles. The maximum atomic E-state index is 12.8. The number of carbonyl (C=O) groups excluding carboxylic acids is 3. The molecule has 3 aliphatic heterocycles. The molecule has 1 atom stereocenters. The summed E-state index contributed by atoms with van der Waals surface area (Å²) in [5.41, 5.74) is 1.13. The number of amides is 3. The number of rotatable bonds is 5. The van der Waals surface area contributed by atoms with Gasteiger partial charge in [-0.3, -0.25) is 24.6 Å². The predicted molar refractivity (Wildman–Crippen MR) is 137 cm³/mol. The summed E-state index contributed by atoms with van der Waals surface area (Å²) in [6, 6.07) is 4.25. The number of ether oxygens (including phenoxy) is 2. The Morgan fingerprint density at radius 3 is 2.74 bits per heavy atom. The highest BCUT2D eigenvalue weighted by Crippen LogP contribution is 2.29. The second-order valence-electron chi connectivity index (χ2n) is 9.20. The van der Waals surface area contributed by atoms with Crippen LogP contribution < -0.4 is 15.6 Å². The Labute approximate surface area is 219 Å². The lowest BCUT2D eigenvalue weighted by Crippen LogP contribution is -2.40. The molecule has 2 N–H and O–H groups in total. The number of aromatic nitrogens is 2. The van der Waals surface area contributed by atoms with Crippen LogP contribution in [0.4, 0.5) is 16.4 Å². The molecular formula is C26H30N6O6. The summed E-state index contributed by atoms with van der Waals surface area (Å²) in [5.74, 6) is 0.603. The van der Waals surface area contributed by atoms with Gasteiger partial charge in [0.25, 0.3) is 0 Å². The fraction of sp³-hybridized carbons (Fsp3) is 0.462. The van der Waals surface area contributed by atoms with Gasteiger partial charge in [-0.15, -0.1) is 0 Å². The molecule has 2 saturated heterocycles. The Bertz CT molecular complexity index is 1300. The molecule has 3 aliphatic rings. The number of likely N-dealkylation sites (tertiary alicyclic amines) is 1. The lowest BCUT2D eigenvalue weighted by Gasteiger charge is -2.29. The standard InChI is InChI=1S/C21H20N6O4.C5H10O2/c22-9-15-10-23-18(8-17(15)29)25-21(31)27-6-1-3-13-7-14(16(12-28)24-20(13)27)11-26-5-2-4-19(26)30;1-6-5-2-3-7-4-5/h7-8,10,12H,1-6,11H2,(H2,23,25,29,31);5H,2-4H2,1H3. The lowest BCUT2D eigenvalue weighted by molar-refractivity contribution is -0.128. The molecular weight excluding hydrogens is 492 g/mol. The van der Waals surface area contributed by atoms with Crippen molar-refractivity contribution in [3.8, 4) is 6.07 Å². The normalized spacial score (nSPS) is 18.3. The van der Waals surface area contributed by atoms with Gasteiger partial charge in [0.05, 0.1) is 12.7 Å². The quantitative estimate of drug-likeness (QED) is 0.564. The van der Waals surface area contributed by atoms with Crippen molar-refractivity contribution in [2.45, 2.75) is 44.8 Å². The van der Waals surface area contributed by atoms with Gasteiger partial charge >= 0.3 is 6.03 Å². The Balaban J connectivity index is 0.000000417. The van der Waals surface area contributed by atoms with Crippen molar-refractivity contribution in [1.29, 1.82) is 5.26 Å². The van der Waals surface area contributed by atoms with E-state index in [9.17, 15) is 19.2 Å². The zero-order chi connectivity index (χ0) is 27.1. The first kappa shape index (κ1) is 27.0. The second kappa shape index (κ2) is 12.4. The van der Waals surface area contributed by atoms with Crippen LogP contribution >= 0.6 is 0 Å². The fourth-order valence-corrected chi connectivity index (χ4v) is 4.57. The molecule has 2 fully saturated rings. The highest BCUT2D eigenvalue weighted by atomic mass is 16.5. The minimum Gasteiger partial charge on any atom is -0.379 e. The third-order valence-electron chi connectivity index (χ3n) is 6.66. The maximum absolute atomic E-state index is 12.8. The predicted octanol–water partition coefficient (Wildman–Crippen LogP) is 1.98. The number of fused-ring (bicyclic) bond motifs is 1. The van der Waals surface area contributed by atoms with Crippen LogP contribution in [0.25, 0.3) is 0 Å². The Hall–Kier alpha value is -4.08. The summed E-state index contributed by atoms with van der Waals surface area (Å²) in [5, 5.41) is 11.5. The van der Waals surface area contributed by atoms with Crippen LogP contribution in [0.2, 0.25) is 0 Å². The number of carbonyl (C=O) groups is 3. The highest BCUT2D eigenvalue weighted by Gasteiger charge is 2.28. The zero-order valence-electron chi connectivity index (χ0n) is 21.2. The number of methoxy groups -OCH3 is 1. The van der Waals surface area contributed by atoms with Gasteiger partial charge in [0.15, 0.2) is 6.29 Å². The summed E-state index contributed by atoms with van der Waals surface area (Å²) < 4.78 is 10.0. The molecule has 1 unspecified atom stereocenters. The number of pyridine rings is 2. The lowest BCUT2D eigenvalue weighted by atomic mass is 10.0. The summed E-state index contributed by atoms with van der Waals surface area (Å²) in [6.07, 6.45) is 6.03. The van der Waals surface area contributed by atoms with E-state index in [0.717, 1.165) is 37.7 Å². The zero-order valence-corrected chi connectivity index (χ0v) is 21.2. The maximum Gasteiger partial charge on any atom is 0.328 e. The third kappa shape index (κ3) is 6.24. The molecule has 38 heavy (non-hydrogen) atoms. The van der Waals surface area contributed by atoms with E-state index < -0.39 is 11.5 Å². The van der Waals surface area contributed by atoms with E-state index in [1.165, 1.54) is 11.1 Å². The van der Waals surface area contributed by atoms with Gasteiger partial charge in [-0.05, 0) is 37.3 Å². The largest absolute Gasteiger partial charge is 0.379 e. The third-order valence-corrected chi connectivity index (χ3v) is 6.66. The van der Waals surface area contributed by atoms with E-state index in [1.54, 1.807) is 18.1 Å². The summed E-state index contributed by atoms with van der Waals surface area (Å²) in [7, 11) is 1.72. The molecule has 0 aromatic carbocycles. The topological polar surface area (TPSA) is 158 Å². The fourth-order valence-electron chi connectivity index (χ4n) is 4.57. The molecule has 3 amide bonds. The molecule has 0 bridgehead atoms. The Morgan fingerprint density at radius 1 is 1.32 bits per heavy atom. The van der Waals surface area contributed by atoms with E-state index in [2.05, 4.69) is 15.3 Å². The highest BCUT2D eigenvalue weighted by molar-refractivity contribution is 6.01. The molecule has 5 heterocycles. The van der Waals surface area contributed by atoms with Crippen LogP contribution in [0.5, 0.6) is 0 Å². The van der Waals surface area contributed by atoms with Gasteiger partial charge in [0.1, 0.15) is 29.0 Å². The first-order chi connectivity index (χ1) is 18.4. The van der Waals surface area contributed by atoms with Crippen LogP contribution in [-0.2, 0) is 27.2 Å². The molecule has 0 spiro atoms. The summed E-state index contributed by atoms with van der Waals surface area (Å²) >= 11 is 0. The van der Waals surface area contributed by atoms with Gasteiger partial charge in [0.2, 0.25) is 11.3 Å². The monoisotopic (exact) mass is 522 g/mol. The van der Waals surface area contributed by atoms with Crippen molar-refractivity contribution >= 4 is 29.9 Å². The number of hydrogen-bond acceptors (Lipinski definition) is 8. The van der Waals surface area contributed by atoms with Gasteiger partial charge in [0, 0.05) is 57.6 Å². The van der Waals surface area contributed by atoms with E-state index in [1.807, 2.05) is 6.07 Å². The van der Waals surface area contributed by atoms with Gasteiger partial charge in [-0.2, -0.15) is 5.26 Å². The minimum atomic E-state index is -0.506. The van der Waals surface area contributed by atoms with Crippen molar-refractivity contribution in [2.24, 2.45) is 0 Å². The molecule has 2 aromatic heterocycles. The molecule has 12 nitrogen and oxygen atoms in total. The second-order valence-corrected chi connectivity index (χ2v) is 9.20. The van der Waals surface area contributed by atoms with Crippen molar-refractivity contribution in [3.05, 3.63) is 50.9 Å². The van der Waals surface area contributed by atoms with E-state index in [4.69, 9.17) is 14.7 Å². The number of aryl methyl sites for hydroxylation is 1. The number of nitrogens with one attached hydrogen (secondary N) is 2. The van der Waals surface area contributed by atoms with Gasteiger partial charge in [-0.25, -0.2) is 9.78 Å². The van der Waals surface area contributed by atoms with Gasteiger partial charge in [-0.1, -0.05) is 0 Å². The van der Waals surface area contributed by atoms with E-state index in [0.29, 0.717) is 62.7 Å². The molecule has 2 aromatic rings. The molecule has 5 rings (SSSR count). The number of aldehydes is 1. The van der Waals surface area contributed by atoms with Crippen LogP contribution in [0.3, 0.4) is 0 Å². The van der Waals surface area contributed by atoms with Crippen LogP contribution in [0.15, 0.2) is 23.1 Å². The number of nitrogens with zero attached hydrogens (tertiary/aromatic N) is 4. The molecule has 0 radical (unpaired) electrons. The molecule has 0 saturated carbocycles. The average molecular weight is 523 g/mol. The Kier molecular flexibility index (Phi) is 8.83. The van der Waals surface area contributed by atoms with E-state index in [-0.39, 0.29) is 23.0 Å². The summed E-state index contributed by atoms with van der Waals surface area (Å²) in [4.78, 5) is 58.6. The van der Waals surface area contributed by atoms with Crippen molar-refractivity contribution in [1.82, 2.24) is 14.9 Å². The average Bonchev–Trinajstić information content (AvgIpc) is 3.60. The smallest absolute Gasteiger partial charge is 0.328 e. The number of hydrogen-bond donors (Lipinski definition) is 2. The first-order valence-corrected chi connectivity index (χ1v) is 12.5. The van der Waals surface area contributed by atoms with Crippen molar-refractivity contribution < 1.29 is 23.9 Å². The van der Waals surface area contributed by atoms with Gasteiger partial charge < -0.3 is 19.4 Å². The number of urea groups is 1. The number of H-pyrrole nitrogens is 1. The van der Waals surface area contributed by atoms with E-state index >= 15 is 0 Å². The molecule has 200 valence electrons. The van der Waals surface area contributed by atoms with Crippen LogP contribution in [0, 0.1) is 11.3 Å². The SMILES string of the molecule is COC1CCOC1.N#Cc1c[nH]c(NC(=O)N2CCCc3cc(CN4CCCC4=O)c(C=O)nc32)cc1=O. The first-order valence-electron chi connectivity index (χ1n) is 12.5. The number of nitriles is 1. The van der Waals surface area contributed by atoms with Crippen molar-refractivity contribution in [3.63, 3.8) is 0 Å². The van der Waals surface area contributed by atoms with Crippen molar-refractivity contribution in [2.75, 3.05) is 43.6 Å². The molecule has 12 heteroatoms. The summed E-state index contributed by atoms with van der Waals surface area (Å²) in [6.45, 7) is 3.04. The number of anilines is 2. The van der Waals surface area contributed by atoms with Crippen LogP contribution in [-0.4, -0.2) is 72.6 Å². The Morgan fingerprint density at radius 2 is 2.13 bits per heavy atom.